The fourth-order valence-corrected chi connectivity index (χ4v) is 3.14. The summed E-state index contributed by atoms with van der Waals surface area (Å²) >= 11 is 3.26. The highest BCUT2D eigenvalue weighted by atomic mass is 79.9. The molecule has 2 aromatic carbocycles. The minimum Gasteiger partial charge on any atom is -0.366 e. The van der Waals surface area contributed by atoms with Gasteiger partial charge in [-0.05, 0) is 52.3 Å². The van der Waals surface area contributed by atoms with Gasteiger partial charge in [-0.25, -0.2) is 8.42 Å². The van der Waals surface area contributed by atoms with E-state index in [0.717, 1.165) is 0 Å². The Morgan fingerprint density at radius 3 is 2.20 bits per heavy atom. The molecule has 0 bridgehead atoms. The average Bonchev–Trinajstić information content (AvgIpc) is 2.41. The summed E-state index contributed by atoms with van der Waals surface area (Å²) in [5, 5.41) is 0. The van der Waals surface area contributed by atoms with Crippen LogP contribution in [0.4, 0.5) is 5.69 Å². The number of primary amides is 1. The van der Waals surface area contributed by atoms with Crippen LogP contribution < -0.4 is 10.5 Å². The van der Waals surface area contributed by atoms with Gasteiger partial charge < -0.3 is 5.73 Å². The molecule has 3 N–H and O–H groups in total. The third-order valence-corrected chi connectivity index (χ3v) is 4.64. The first-order valence-electron chi connectivity index (χ1n) is 5.57. The van der Waals surface area contributed by atoms with Crippen LogP contribution in [0.15, 0.2) is 57.9 Å². The smallest absolute Gasteiger partial charge is 0.261 e. The number of nitrogens with two attached hydrogens (primary N) is 1. The lowest BCUT2D eigenvalue weighted by atomic mass is 10.2. The molecule has 0 saturated heterocycles. The summed E-state index contributed by atoms with van der Waals surface area (Å²) in [7, 11) is -3.71. The molecule has 0 atom stereocenters. The first-order chi connectivity index (χ1) is 9.40. The Hall–Kier alpha value is -1.86. The number of para-hydroxylation sites is 1. The number of hydrogen-bond donors (Lipinski definition) is 2. The van der Waals surface area contributed by atoms with Crippen molar-refractivity contribution >= 4 is 37.5 Å². The number of nitrogens with one attached hydrogen (secondary N) is 1. The van der Waals surface area contributed by atoms with Crippen LogP contribution in [0, 0.1) is 0 Å². The van der Waals surface area contributed by atoms with E-state index in [2.05, 4.69) is 20.7 Å². The second-order valence-electron chi connectivity index (χ2n) is 3.97. The van der Waals surface area contributed by atoms with Crippen LogP contribution >= 0.6 is 15.9 Å². The van der Waals surface area contributed by atoms with E-state index in [1.807, 2.05) is 0 Å². The topological polar surface area (TPSA) is 89.3 Å². The number of halogens is 1. The molecule has 0 aliphatic heterocycles. The normalized spacial score (nSPS) is 11.1. The van der Waals surface area contributed by atoms with Crippen LogP contribution in [0.5, 0.6) is 0 Å². The molecular formula is C13H11BrN2O3S. The van der Waals surface area contributed by atoms with E-state index in [9.17, 15) is 13.2 Å². The van der Waals surface area contributed by atoms with E-state index in [0.29, 0.717) is 10.2 Å². The van der Waals surface area contributed by atoms with Crippen molar-refractivity contribution in [2.24, 2.45) is 5.73 Å². The molecule has 0 aliphatic rings. The molecule has 2 rings (SSSR count). The molecule has 0 radical (unpaired) electrons. The van der Waals surface area contributed by atoms with Gasteiger partial charge in [-0.15, -0.1) is 0 Å². The second kappa shape index (κ2) is 5.64. The number of hydrogen-bond acceptors (Lipinski definition) is 3. The fraction of sp³-hybridized carbons (Fsp3) is 0. The molecular weight excluding hydrogens is 344 g/mol. The summed E-state index contributed by atoms with van der Waals surface area (Å²) < 4.78 is 27.5. The van der Waals surface area contributed by atoms with Gasteiger partial charge in [0.15, 0.2) is 0 Å². The predicted molar refractivity (Wildman–Crippen MR) is 79.9 cm³/mol. The molecule has 0 spiro atoms. The molecule has 2 aromatic rings. The van der Waals surface area contributed by atoms with Crippen molar-refractivity contribution in [2.45, 2.75) is 4.90 Å². The van der Waals surface area contributed by atoms with Gasteiger partial charge in [0.05, 0.1) is 10.6 Å². The minimum absolute atomic E-state index is 0.0539. The summed E-state index contributed by atoms with van der Waals surface area (Å²) in [4.78, 5) is 11.0. The number of carbonyl (C=O) groups excluding carboxylic acids is 1. The maximum atomic E-state index is 12.2. The van der Waals surface area contributed by atoms with Crippen molar-refractivity contribution in [2.75, 3.05) is 4.72 Å². The summed E-state index contributed by atoms with van der Waals surface area (Å²) in [6.07, 6.45) is 0. The lowest BCUT2D eigenvalue weighted by Crippen LogP contribution is -2.14. The summed E-state index contributed by atoms with van der Waals surface area (Å²) in [5.74, 6) is -0.604. The number of sulfonamides is 1. The fourth-order valence-electron chi connectivity index (χ4n) is 1.55. The Balaban J connectivity index is 2.31. The van der Waals surface area contributed by atoms with E-state index < -0.39 is 15.9 Å². The summed E-state index contributed by atoms with van der Waals surface area (Å²) in [6.45, 7) is 0. The molecule has 0 fully saturated rings. The van der Waals surface area contributed by atoms with Gasteiger partial charge in [0.1, 0.15) is 0 Å². The Morgan fingerprint density at radius 1 is 1.05 bits per heavy atom. The van der Waals surface area contributed by atoms with E-state index in [1.165, 1.54) is 24.3 Å². The maximum Gasteiger partial charge on any atom is 0.261 e. The second-order valence-corrected chi connectivity index (χ2v) is 6.51. The molecule has 7 heteroatoms. The van der Waals surface area contributed by atoms with Crippen molar-refractivity contribution in [1.29, 1.82) is 0 Å². The SMILES string of the molecule is NC(=O)c1ccc(S(=O)(=O)Nc2ccccc2Br)cc1. The molecule has 0 saturated carbocycles. The zero-order valence-corrected chi connectivity index (χ0v) is 12.6. The molecule has 0 unspecified atom stereocenters. The number of rotatable bonds is 4. The van der Waals surface area contributed by atoms with E-state index in [-0.39, 0.29) is 10.5 Å². The number of amides is 1. The van der Waals surface area contributed by atoms with E-state index in [4.69, 9.17) is 5.73 Å². The lowest BCUT2D eigenvalue weighted by Gasteiger charge is -2.09. The first kappa shape index (κ1) is 14.5. The maximum absolute atomic E-state index is 12.2. The van der Waals surface area contributed by atoms with Crippen LogP contribution in [-0.4, -0.2) is 14.3 Å². The van der Waals surface area contributed by atoms with Crippen LogP contribution in [0.25, 0.3) is 0 Å². The zero-order valence-electron chi connectivity index (χ0n) is 10.2. The number of carbonyl (C=O) groups is 1. The first-order valence-corrected chi connectivity index (χ1v) is 7.85. The van der Waals surface area contributed by atoms with Crippen molar-refractivity contribution in [3.8, 4) is 0 Å². The average molecular weight is 355 g/mol. The largest absolute Gasteiger partial charge is 0.366 e. The Morgan fingerprint density at radius 2 is 1.65 bits per heavy atom. The van der Waals surface area contributed by atoms with Crippen LogP contribution in [0.3, 0.4) is 0 Å². The highest BCUT2D eigenvalue weighted by Gasteiger charge is 2.15. The molecule has 0 heterocycles. The van der Waals surface area contributed by atoms with Crippen molar-refractivity contribution in [3.63, 3.8) is 0 Å². The predicted octanol–water partition coefficient (Wildman–Crippen LogP) is 2.35. The zero-order chi connectivity index (χ0) is 14.8. The summed E-state index contributed by atoms with van der Waals surface area (Å²) in [5.41, 5.74) is 5.80. The molecule has 0 aromatic heterocycles. The van der Waals surface area contributed by atoms with E-state index >= 15 is 0 Å². The molecule has 20 heavy (non-hydrogen) atoms. The van der Waals surface area contributed by atoms with Gasteiger partial charge in [-0.3, -0.25) is 9.52 Å². The third kappa shape index (κ3) is 3.17. The minimum atomic E-state index is -3.71. The lowest BCUT2D eigenvalue weighted by molar-refractivity contribution is 0.1000. The molecule has 0 aliphatic carbocycles. The third-order valence-electron chi connectivity index (χ3n) is 2.57. The van der Waals surface area contributed by atoms with Gasteiger partial charge in [-0.1, -0.05) is 12.1 Å². The highest BCUT2D eigenvalue weighted by Crippen LogP contribution is 2.24. The number of benzene rings is 2. The summed E-state index contributed by atoms with van der Waals surface area (Å²) in [6, 6.07) is 12.3. The Bertz CT molecular complexity index is 742. The number of anilines is 1. The van der Waals surface area contributed by atoms with Crippen LogP contribution in [0.2, 0.25) is 0 Å². The van der Waals surface area contributed by atoms with Crippen molar-refractivity contribution in [1.82, 2.24) is 0 Å². The Labute approximate surface area is 125 Å². The monoisotopic (exact) mass is 354 g/mol. The van der Waals surface area contributed by atoms with Crippen LogP contribution in [0.1, 0.15) is 10.4 Å². The quantitative estimate of drug-likeness (QED) is 0.882. The van der Waals surface area contributed by atoms with Gasteiger partial charge in [0.25, 0.3) is 10.0 Å². The van der Waals surface area contributed by atoms with Crippen molar-refractivity contribution < 1.29 is 13.2 Å². The van der Waals surface area contributed by atoms with Gasteiger partial charge in [0, 0.05) is 10.0 Å². The Kier molecular flexibility index (Phi) is 4.10. The van der Waals surface area contributed by atoms with Crippen molar-refractivity contribution in [3.05, 3.63) is 58.6 Å². The molecule has 104 valence electrons. The van der Waals surface area contributed by atoms with Gasteiger partial charge >= 0.3 is 0 Å². The highest BCUT2D eigenvalue weighted by molar-refractivity contribution is 9.10. The van der Waals surface area contributed by atoms with Gasteiger partial charge in [0.2, 0.25) is 5.91 Å². The molecule has 1 amide bonds. The standard InChI is InChI=1S/C13H11BrN2O3S/c14-11-3-1-2-4-12(11)16-20(18,19)10-7-5-9(6-8-10)13(15)17/h1-8,16H,(H2,15,17). The van der Waals surface area contributed by atoms with Crippen LogP contribution in [-0.2, 0) is 10.0 Å². The van der Waals surface area contributed by atoms with E-state index in [1.54, 1.807) is 24.3 Å². The molecule has 5 nitrogen and oxygen atoms in total. The van der Waals surface area contributed by atoms with Gasteiger partial charge in [-0.2, -0.15) is 0 Å².